The lowest BCUT2D eigenvalue weighted by atomic mass is 9.96. The Hall–Kier alpha value is -6.98. The van der Waals surface area contributed by atoms with Crippen LogP contribution >= 0.6 is 0 Å². The van der Waals surface area contributed by atoms with E-state index in [9.17, 15) is 0 Å². The average molecular weight is 668 g/mol. The number of hydrogen-bond donors (Lipinski definition) is 1. The van der Waals surface area contributed by atoms with Gasteiger partial charge in [-0.25, -0.2) is 9.98 Å². The second-order valence-electron chi connectivity index (χ2n) is 13.3. The molecule has 1 atom stereocenters. The van der Waals surface area contributed by atoms with Gasteiger partial charge in [-0.3, -0.25) is 0 Å². The quantitative estimate of drug-likeness (QED) is 0.190. The van der Waals surface area contributed by atoms with Crippen molar-refractivity contribution in [2.24, 2.45) is 9.98 Å². The van der Waals surface area contributed by atoms with Crippen LogP contribution in [-0.4, -0.2) is 11.7 Å². The van der Waals surface area contributed by atoms with Crippen LogP contribution in [0.15, 0.2) is 183 Å². The monoisotopic (exact) mass is 667 g/mol. The highest BCUT2D eigenvalue weighted by Gasteiger charge is 2.26. The molecule has 1 aliphatic rings. The van der Waals surface area contributed by atoms with Gasteiger partial charge in [0.2, 0.25) is 0 Å². The molecule has 5 nitrogen and oxygen atoms in total. The van der Waals surface area contributed by atoms with E-state index in [0.717, 1.165) is 88.3 Å². The van der Waals surface area contributed by atoms with E-state index in [0.29, 0.717) is 5.84 Å². The molecule has 0 bridgehead atoms. The summed E-state index contributed by atoms with van der Waals surface area (Å²) in [7, 11) is 0. The zero-order valence-electron chi connectivity index (χ0n) is 27.9. The van der Waals surface area contributed by atoms with Gasteiger partial charge in [-0.2, -0.15) is 0 Å². The number of benzene rings is 8. The van der Waals surface area contributed by atoms with Crippen LogP contribution in [0.3, 0.4) is 0 Å². The van der Waals surface area contributed by atoms with Crippen molar-refractivity contribution in [3.63, 3.8) is 0 Å². The molecular formula is C47H29N3O2. The number of aliphatic imine (C=N–C) groups is 2. The Morgan fingerprint density at radius 1 is 0.462 bits per heavy atom. The molecule has 0 saturated heterocycles. The van der Waals surface area contributed by atoms with Gasteiger partial charge in [0.1, 0.15) is 28.2 Å². The Labute approximate surface area is 298 Å². The summed E-state index contributed by atoms with van der Waals surface area (Å²) in [4.78, 5) is 10.6. The van der Waals surface area contributed by atoms with Gasteiger partial charge in [-0.1, -0.05) is 140 Å². The van der Waals surface area contributed by atoms with Crippen molar-refractivity contribution in [2.45, 2.75) is 6.17 Å². The van der Waals surface area contributed by atoms with Crippen molar-refractivity contribution in [2.75, 3.05) is 0 Å². The Bertz CT molecular complexity index is 3110. The molecule has 52 heavy (non-hydrogen) atoms. The molecule has 11 rings (SSSR count). The van der Waals surface area contributed by atoms with Crippen molar-refractivity contribution in [1.29, 1.82) is 0 Å². The number of hydrogen-bond acceptors (Lipinski definition) is 5. The van der Waals surface area contributed by atoms with Crippen molar-refractivity contribution in [3.05, 3.63) is 180 Å². The third kappa shape index (κ3) is 4.42. The predicted octanol–water partition coefficient (Wildman–Crippen LogP) is 12.0. The number of fused-ring (bicyclic) bond motifs is 9. The van der Waals surface area contributed by atoms with Crippen LogP contribution in [-0.2, 0) is 0 Å². The van der Waals surface area contributed by atoms with Crippen LogP contribution in [0, 0.1) is 0 Å². The number of nitrogens with zero attached hydrogens (tertiary/aromatic N) is 2. The molecule has 0 fully saturated rings. The molecule has 5 heteroatoms. The number of furan rings is 2. The maximum Gasteiger partial charge on any atom is 0.159 e. The van der Waals surface area contributed by atoms with Gasteiger partial charge in [0.05, 0.1) is 0 Å². The van der Waals surface area contributed by atoms with Crippen LogP contribution in [0.5, 0.6) is 0 Å². The fourth-order valence-corrected chi connectivity index (χ4v) is 7.92. The summed E-state index contributed by atoms with van der Waals surface area (Å²) in [5.41, 5.74) is 8.59. The summed E-state index contributed by atoms with van der Waals surface area (Å²) >= 11 is 0. The van der Waals surface area contributed by atoms with Gasteiger partial charge >= 0.3 is 0 Å². The molecular weight excluding hydrogens is 639 g/mol. The SMILES string of the molecule is c1ccc2c(c1)cc(C1=NC(c3ccc(-c4cccc5oc6ccccc6c45)cc3)=NC(c3cccc4c3oc3ccccc34)N1)c1ccccc12. The van der Waals surface area contributed by atoms with Crippen LogP contribution in [0.1, 0.15) is 22.9 Å². The second-order valence-corrected chi connectivity index (χ2v) is 13.3. The number of amidine groups is 2. The van der Waals surface area contributed by atoms with E-state index < -0.39 is 6.17 Å². The highest BCUT2D eigenvalue weighted by molar-refractivity contribution is 6.22. The first-order valence-electron chi connectivity index (χ1n) is 17.5. The standard InChI is InChI=1S/C47H29N3O2/c1-2-12-31-30(11-1)27-39(34-14-4-3-13-33(31)34)47-49-45(48-46(50-47)38-19-9-18-36-35-15-5-7-20-40(35)52-44(36)38)29-25-23-28(24-26-29)32-17-10-22-42-43(32)37-16-6-8-21-41(37)51-42/h1-27,46H,(H,48,49,50). The van der Waals surface area contributed by atoms with E-state index in [1.165, 1.54) is 10.8 Å². The lowest BCUT2D eigenvalue weighted by Crippen LogP contribution is -2.33. The zero-order chi connectivity index (χ0) is 34.2. The molecule has 0 spiro atoms. The van der Waals surface area contributed by atoms with Gasteiger partial charge < -0.3 is 14.2 Å². The largest absolute Gasteiger partial charge is 0.456 e. The van der Waals surface area contributed by atoms with Gasteiger partial charge in [0, 0.05) is 38.2 Å². The van der Waals surface area contributed by atoms with Gasteiger partial charge in [0.15, 0.2) is 12.0 Å². The van der Waals surface area contributed by atoms with Crippen molar-refractivity contribution >= 4 is 77.1 Å². The minimum absolute atomic E-state index is 0.442. The topological polar surface area (TPSA) is 63.0 Å². The van der Waals surface area contributed by atoms with Crippen LogP contribution < -0.4 is 5.32 Å². The summed E-state index contributed by atoms with van der Waals surface area (Å²) in [6.45, 7) is 0. The minimum Gasteiger partial charge on any atom is -0.456 e. The molecule has 1 aliphatic heterocycles. The maximum atomic E-state index is 6.51. The molecule has 3 heterocycles. The normalized spacial score (nSPS) is 14.7. The molecule has 1 unspecified atom stereocenters. The summed E-state index contributed by atoms with van der Waals surface area (Å²) in [5.74, 6) is 1.42. The van der Waals surface area contributed by atoms with Crippen molar-refractivity contribution in [3.8, 4) is 11.1 Å². The Kier molecular flexibility index (Phi) is 6.25. The number of para-hydroxylation sites is 3. The molecule has 244 valence electrons. The first kappa shape index (κ1) is 28.8. The van der Waals surface area contributed by atoms with Gasteiger partial charge in [0.25, 0.3) is 0 Å². The molecule has 1 N–H and O–H groups in total. The fraction of sp³-hybridized carbons (Fsp3) is 0.0213. The van der Waals surface area contributed by atoms with Crippen LogP contribution in [0.2, 0.25) is 0 Å². The van der Waals surface area contributed by atoms with E-state index in [4.69, 9.17) is 18.8 Å². The summed E-state index contributed by atoms with van der Waals surface area (Å²) in [6, 6.07) is 56.8. The third-order valence-corrected chi connectivity index (χ3v) is 10.4. The molecule has 0 radical (unpaired) electrons. The molecule has 2 aromatic heterocycles. The zero-order valence-corrected chi connectivity index (χ0v) is 27.9. The number of nitrogens with one attached hydrogen (secondary N) is 1. The Morgan fingerprint density at radius 2 is 1.10 bits per heavy atom. The first-order valence-corrected chi connectivity index (χ1v) is 17.5. The van der Waals surface area contributed by atoms with E-state index in [-0.39, 0.29) is 0 Å². The van der Waals surface area contributed by atoms with Crippen molar-refractivity contribution in [1.82, 2.24) is 5.32 Å². The third-order valence-electron chi connectivity index (χ3n) is 10.4. The van der Waals surface area contributed by atoms with E-state index >= 15 is 0 Å². The molecule has 0 saturated carbocycles. The molecule has 0 aliphatic carbocycles. The average Bonchev–Trinajstić information content (AvgIpc) is 3.79. The minimum atomic E-state index is -0.442. The predicted molar refractivity (Wildman–Crippen MR) is 213 cm³/mol. The summed E-state index contributed by atoms with van der Waals surface area (Å²) in [6.07, 6.45) is -0.442. The first-order chi connectivity index (χ1) is 25.8. The van der Waals surface area contributed by atoms with E-state index in [1.807, 2.05) is 36.4 Å². The number of rotatable bonds is 4. The van der Waals surface area contributed by atoms with E-state index in [2.05, 4.69) is 133 Å². The van der Waals surface area contributed by atoms with E-state index in [1.54, 1.807) is 0 Å². The van der Waals surface area contributed by atoms with Crippen LogP contribution in [0.4, 0.5) is 0 Å². The van der Waals surface area contributed by atoms with Gasteiger partial charge in [-0.15, -0.1) is 0 Å². The Balaban J connectivity index is 1.09. The lowest BCUT2D eigenvalue weighted by molar-refractivity contribution is 0.629. The molecule has 10 aromatic rings. The van der Waals surface area contributed by atoms with Crippen LogP contribution in [0.25, 0.3) is 76.5 Å². The lowest BCUT2D eigenvalue weighted by Gasteiger charge is -2.25. The highest BCUT2D eigenvalue weighted by atomic mass is 16.3. The second kappa shape index (κ2) is 11.3. The highest BCUT2D eigenvalue weighted by Crippen LogP contribution is 2.38. The summed E-state index contributed by atoms with van der Waals surface area (Å²) in [5, 5.41) is 12.8. The van der Waals surface area contributed by atoms with Gasteiger partial charge in [-0.05, 0) is 56.9 Å². The fourth-order valence-electron chi connectivity index (χ4n) is 7.92. The Morgan fingerprint density at radius 3 is 1.94 bits per heavy atom. The smallest absolute Gasteiger partial charge is 0.159 e. The molecule has 8 aromatic carbocycles. The maximum absolute atomic E-state index is 6.51. The molecule has 0 amide bonds. The van der Waals surface area contributed by atoms with Crippen molar-refractivity contribution < 1.29 is 8.83 Å². The summed E-state index contributed by atoms with van der Waals surface area (Å²) < 4.78 is 12.7.